The van der Waals surface area contributed by atoms with Gasteiger partial charge in [0.2, 0.25) is 0 Å². The van der Waals surface area contributed by atoms with Crippen molar-refractivity contribution in [2.45, 2.75) is 52.0 Å². The topological polar surface area (TPSA) is 0 Å². The normalized spacial score (nSPS) is 22.6. The van der Waals surface area contributed by atoms with Gasteiger partial charge in [-0.2, -0.15) is 0 Å². The molecule has 0 fully saturated rings. The van der Waals surface area contributed by atoms with Gasteiger partial charge < -0.3 is 0 Å². The maximum atomic E-state index is 3.81. The van der Waals surface area contributed by atoms with Crippen LogP contribution in [-0.4, -0.2) is 10.6 Å². The molecule has 2 heteroatoms. The molecule has 0 aromatic carbocycles. The van der Waals surface area contributed by atoms with E-state index in [9.17, 15) is 0 Å². The average Bonchev–Trinajstić information content (AvgIpc) is 2.88. The first kappa shape index (κ1) is 15.8. The molecule has 0 spiro atoms. The molecule has 19 heavy (non-hydrogen) atoms. The van der Waals surface area contributed by atoms with E-state index in [0.717, 1.165) is 5.92 Å². The van der Waals surface area contributed by atoms with Crippen LogP contribution in [0, 0.1) is 11.8 Å². The zero-order chi connectivity index (χ0) is 14.2. The fourth-order valence-electron chi connectivity index (χ4n) is 3.10. The van der Waals surface area contributed by atoms with Gasteiger partial charge in [0.1, 0.15) is 0 Å². The van der Waals surface area contributed by atoms with Gasteiger partial charge in [-0.25, -0.2) is 0 Å². The zero-order valence-electron chi connectivity index (χ0n) is 13.3. The summed E-state index contributed by atoms with van der Waals surface area (Å²) in [5.41, 5.74) is 6.93. The van der Waals surface area contributed by atoms with Crippen molar-refractivity contribution in [3.05, 3.63) is 35.6 Å². The van der Waals surface area contributed by atoms with Gasteiger partial charge in [-0.15, -0.1) is 0 Å². The van der Waals surface area contributed by atoms with Crippen LogP contribution in [0.25, 0.3) is 0 Å². The van der Waals surface area contributed by atoms with Crippen LogP contribution >= 0.6 is 0 Å². The van der Waals surface area contributed by atoms with Crippen LogP contribution in [0.2, 0.25) is 11.5 Å². The third kappa shape index (κ3) is 3.55. The Hall–Kier alpha value is 0.426. The summed E-state index contributed by atoms with van der Waals surface area (Å²) in [5, 5.41) is 0. The van der Waals surface area contributed by atoms with Gasteiger partial charge in [0, 0.05) is 0 Å². The van der Waals surface area contributed by atoms with Gasteiger partial charge >= 0.3 is 129 Å². The fraction of sp³-hybridized carbons (Fsp3) is 0.588. The van der Waals surface area contributed by atoms with Gasteiger partial charge in [-0.3, -0.25) is 0 Å². The monoisotopic (exact) mass is 395 g/mol. The Morgan fingerprint density at radius 1 is 1.37 bits per heavy atom. The van der Waals surface area contributed by atoms with E-state index in [1.807, 2.05) is 6.56 Å². The summed E-state index contributed by atoms with van der Waals surface area (Å²) in [6.07, 6.45) is 7.72. The minimum atomic E-state index is -1.44. The zero-order valence-corrected chi connectivity index (χ0v) is 18.2. The Morgan fingerprint density at radius 3 is 2.47 bits per heavy atom. The summed E-state index contributed by atoms with van der Waals surface area (Å²) < 4.78 is 3.72. The van der Waals surface area contributed by atoms with E-state index >= 15 is 0 Å². The first-order chi connectivity index (χ1) is 8.90. The van der Waals surface area contributed by atoms with Crippen LogP contribution in [0.3, 0.4) is 0 Å². The van der Waals surface area contributed by atoms with Crippen molar-refractivity contribution in [3.63, 3.8) is 0 Å². The summed E-state index contributed by atoms with van der Waals surface area (Å²) >= 11 is -1.44. The van der Waals surface area contributed by atoms with Crippen LogP contribution in [-0.2, 0) is 19.2 Å². The van der Waals surface area contributed by atoms with E-state index in [0.29, 0.717) is 5.92 Å². The summed E-state index contributed by atoms with van der Waals surface area (Å²) in [4.78, 5) is 0. The molecule has 0 saturated heterocycles. The summed E-state index contributed by atoms with van der Waals surface area (Å²) in [6, 6.07) is 0. The van der Waals surface area contributed by atoms with Crippen LogP contribution < -0.4 is 0 Å². The predicted molar refractivity (Wildman–Crippen MR) is 84.5 cm³/mol. The Morgan fingerprint density at radius 2 is 2.05 bits per heavy atom. The van der Waals surface area contributed by atoms with E-state index in [-0.39, 0.29) is 0 Å². The molecule has 0 heterocycles. The molecule has 0 aromatic rings. The molecule has 0 saturated carbocycles. The molecule has 103 valence electrons. The van der Waals surface area contributed by atoms with Crippen LogP contribution in [0.15, 0.2) is 35.6 Å². The van der Waals surface area contributed by atoms with Gasteiger partial charge in [0.15, 0.2) is 0 Å². The van der Waals surface area contributed by atoms with Crippen molar-refractivity contribution in [1.29, 1.82) is 0 Å². The molecule has 0 bridgehead atoms. The molecule has 0 aromatic heterocycles. The van der Waals surface area contributed by atoms with E-state index in [1.165, 1.54) is 18.4 Å². The molecular weight excluding hydrogens is 368 g/mol. The molecule has 2 aliphatic rings. The second-order valence-corrected chi connectivity index (χ2v) is 38.5. The molecule has 1 unspecified atom stereocenters. The minimum absolute atomic E-state index is 0.704. The Labute approximate surface area is 128 Å². The molecule has 2 aliphatic carbocycles. The fourth-order valence-corrected chi connectivity index (χ4v) is 34.0. The Balaban J connectivity index is 2.26. The summed E-state index contributed by atoms with van der Waals surface area (Å²) in [7, 11) is -1.01. The molecule has 0 amide bonds. The first-order valence-corrected chi connectivity index (χ1v) is 23.5. The molecule has 1 atom stereocenters. The number of rotatable bonds is 4. The molecule has 0 radical (unpaired) electrons. The van der Waals surface area contributed by atoms with E-state index in [4.69, 9.17) is 0 Å². The summed E-state index contributed by atoms with van der Waals surface area (Å²) in [6.45, 7) is 9.31. The van der Waals surface area contributed by atoms with Crippen LogP contribution in [0.5, 0.6) is 0 Å². The van der Waals surface area contributed by atoms with E-state index in [1.54, 1.807) is 5.57 Å². The number of hydrogen-bond acceptors (Lipinski definition) is 0. The Kier molecular flexibility index (Phi) is 5.38. The molecule has 0 aliphatic heterocycles. The summed E-state index contributed by atoms with van der Waals surface area (Å²) in [5.74, 6) is 6.73. The quantitative estimate of drug-likeness (QED) is 0.468. The number of allylic oxidation sites excluding steroid dienone is 5. The van der Waals surface area contributed by atoms with Gasteiger partial charge in [-0.05, 0) is 0 Å². The third-order valence-electron chi connectivity index (χ3n) is 4.41. The third-order valence-corrected chi connectivity index (χ3v) is 35.5. The van der Waals surface area contributed by atoms with Crippen molar-refractivity contribution in [2.24, 2.45) is 11.8 Å². The predicted octanol–water partition coefficient (Wildman–Crippen LogP) is 4.93. The van der Waals surface area contributed by atoms with Crippen LogP contribution in [0.4, 0.5) is 0 Å². The molecule has 2 rings (SSSR count). The molecule has 0 nitrogen and oxygen atoms in total. The van der Waals surface area contributed by atoms with E-state index in [2.05, 4.69) is 57.1 Å². The molecule has 0 N–H and O–H groups in total. The first-order valence-electron chi connectivity index (χ1n) is 7.64. The van der Waals surface area contributed by atoms with Crippen molar-refractivity contribution in [1.82, 2.24) is 0 Å². The second-order valence-electron chi connectivity index (χ2n) is 6.69. The maximum absolute atomic E-state index is 3.81. The van der Waals surface area contributed by atoms with E-state index < -0.39 is 29.8 Å². The van der Waals surface area contributed by atoms with Gasteiger partial charge in [-0.1, -0.05) is 0 Å². The Bertz CT molecular complexity index is 487. The van der Waals surface area contributed by atoms with Gasteiger partial charge in [0.05, 0.1) is 0 Å². The second kappa shape index (κ2) is 6.46. The van der Waals surface area contributed by atoms with Crippen molar-refractivity contribution in [3.8, 4) is 0 Å². The van der Waals surface area contributed by atoms with Crippen molar-refractivity contribution >= 4 is 10.6 Å². The average molecular weight is 395 g/mol. The van der Waals surface area contributed by atoms with Crippen molar-refractivity contribution < 1.29 is 19.2 Å². The van der Waals surface area contributed by atoms with Crippen molar-refractivity contribution in [2.75, 3.05) is 0 Å². The molecular formula is C17H27GeZr. The van der Waals surface area contributed by atoms with Crippen LogP contribution in [0.1, 0.15) is 40.5 Å². The van der Waals surface area contributed by atoms with Gasteiger partial charge in [0.25, 0.3) is 0 Å². The SMILES string of the molecule is CC1=C=[C]([Zr]([C]2=CC(C(C)C)=CC2)[GeH]([CH3])[CH3])CC1C. The standard InChI is InChI=1S/C8H11.C7H9.C2H7Ge.Zr/c1-7(2)8-5-3-4-6-8;1-6-4-3-5-7(6)2;1-3-2;/h5-7H,3H2,1-2H3;6H,4H2,1-2H3;3H,1-2H3;. The number of hydrogen-bond donors (Lipinski definition) is 0.